The number of aromatic nitrogens is 3. The van der Waals surface area contributed by atoms with Crippen molar-refractivity contribution in [3.63, 3.8) is 0 Å². The monoisotopic (exact) mass is 233 g/mol. The molecule has 5 nitrogen and oxygen atoms in total. The molecule has 0 saturated carbocycles. The number of imidazole rings is 1. The summed E-state index contributed by atoms with van der Waals surface area (Å²) >= 11 is 0. The van der Waals surface area contributed by atoms with Gasteiger partial charge in [-0.25, -0.2) is 4.98 Å². The number of aryl methyl sites for hydroxylation is 1. The minimum atomic E-state index is -0.318. The molecular weight excluding hydrogens is 218 g/mol. The van der Waals surface area contributed by atoms with Gasteiger partial charge in [0.05, 0.1) is 18.1 Å². The van der Waals surface area contributed by atoms with Crippen LogP contribution in [0.3, 0.4) is 0 Å². The summed E-state index contributed by atoms with van der Waals surface area (Å²) < 4.78 is 1.82. The number of hydrogen-bond donors (Lipinski definition) is 2. The molecule has 1 atom stereocenters. The van der Waals surface area contributed by atoms with E-state index in [9.17, 15) is 9.90 Å². The molecule has 0 saturated heterocycles. The second-order valence-corrected chi connectivity index (χ2v) is 3.94. The van der Waals surface area contributed by atoms with Crippen LogP contribution in [0.5, 0.6) is 5.75 Å². The number of pyridine rings is 1. The van der Waals surface area contributed by atoms with Gasteiger partial charge in [0.25, 0.3) is 0 Å². The van der Waals surface area contributed by atoms with Crippen molar-refractivity contribution in [2.45, 2.75) is 26.3 Å². The highest BCUT2D eigenvalue weighted by Gasteiger charge is 2.15. The molecule has 90 valence electrons. The number of hydrogen-bond acceptors (Lipinski definition) is 3. The van der Waals surface area contributed by atoms with Gasteiger partial charge in [0.1, 0.15) is 0 Å². The summed E-state index contributed by atoms with van der Waals surface area (Å²) in [6, 6.07) is -0.155. The predicted molar refractivity (Wildman–Crippen MR) is 64.1 cm³/mol. The molecule has 2 rings (SSSR count). The smallest absolute Gasteiger partial charge is 0.228 e. The van der Waals surface area contributed by atoms with Gasteiger partial charge in [-0.3, -0.25) is 4.79 Å². The molecule has 0 bridgehead atoms. The van der Waals surface area contributed by atoms with Crippen molar-refractivity contribution in [1.82, 2.24) is 14.5 Å². The van der Waals surface area contributed by atoms with Crippen molar-refractivity contribution >= 4 is 0 Å². The van der Waals surface area contributed by atoms with Gasteiger partial charge in [-0.2, -0.15) is 0 Å². The van der Waals surface area contributed by atoms with Crippen LogP contribution in [0.2, 0.25) is 0 Å². The largest absolute Gasteiger partial charge is 0.503 e. The van der Waals surface area contributed by atoms with E-state index in [1.54, 1.807) is 24.9 Å². The molecule has 0 aliphatic carbocycles. The van der Waals surface area contributed by atoms with Crippen LogP contribution in [0, 0.1) is 0 Å². The van der Waals surface area contributed by atoms with E-state index in [-0.39, 0.29) is 17.2 Å². The minimum absolute atomic E-state index is 0.155. The van der Waals surface area contributed by atoms with Crippen molar-refractivity contribution in [3.05, 3.63) is 46.4 Å². The fourth-order valence-electron chi connectivity index (χ4n) is 1.81. The van der Waals surface area contributed by atoms with Crippen LogP contribution >= 0.6 is 0 Å². The van der Waals surface area contributed by atoms with E-state index in [2.05, 4.69) is 9.97 Å². The third-order valence-corrected chi connectivity index (χ3v) is 2.94. The molecule has 2 heterocycles. The summed E-state index contributed by atoms with van der Waals surface area (Å²) in [5.41, 5.74) is 0.774. The summed E-state index contributed by atoms with van der Waals surface area (Å²) in [7, 11) is 0. The Kier molecular flexibility index (Phi) is 2.99. The average Bonchev–Trinajstić information content (AvgIpc) is 2.85. The Morgan fingerprint density at radius 2 is 2.35 bits per heavy atom. The molecule has 2 aromatic heterocycles. The zero-order valence-electron chi connectivity index (χ0n) is 9.84. The second-order valence-electron chi connectivity index (χ2n) is 3.94. The lowest BCUT2D eigenvalue weighted by atomic mass is 10.1. The first kappa shape index (κ1) is 11.4. The van der Waals surface area contributed by atoms with Crippen molar-refractivity contribution in [3.8, 4) is 5.75 Å². The highest BCUT2D eigenvalue weighted by atomic mass is 16.3. The molecular formula is C12H15N3O2. The van der Waals surface area contributed by atoms with Crippen LogP contribution in [0.4, 0.5) is 0 Å². The Bertz CT molecular complexity index is 558. The maximum atomic E-state index is 12.0. The minimum Gasteiger partial charge on any atom is -0.503 e. The van der Waals surface area contributed by atoms with Crippen LogP contribution in [0.15, 0.2) is 29.7 Å². The second kappa shape index (κ2) is 4.45. The molecule has 0 radical (unpaired) electrons. The van der Waals surface area contributed by atoms with E-state index in [0.29, 0.717) is 17.7 Å². The van der Waals surface area contributed by atoms with E-state index in [1.165, 1.54) is 0 Å². The summed E-state index contributed by atoms with van der Waals surface area (Å²) in [6.45, 7) is 3.77. The molecule has 2 N–H and O–H groups in total. The Hall–Kier alpha value is -2.04. The lowest BCUT2D eigenvalue weighted by Gasteiger charge is -2.13. The Morgan fingerprint density at radius 3 is 2.94 bits per heavy atom. The number of aromatic amines is 1. The molecule has 0 aromatic carbocycles. The number of nitrogens with one attached hydrogen (secondary N) is 1. The van der Waals surface area contributed by atoms with E-state index in [0.717, 1.165) is 0 Å². The van der Waals surface area contributed by atoms with Crippen molar-refractivity contribution < 1.29 is 5.11 Å². The summed E-state index contributed by atoms with van der Waals surface area (Å²) in [5.74, 6) is -0.183. The van der Waals surface area contributed by atoms with Gasteiger partial charge in [0.15, 0.2) is 5.75 Å². The Balaban J connectivity index is 2.47. The van der Waals surface area contributed by atoms with Gasteiger partial charge in [-0.1, -0.05) is 6.92 Å². The Morgan fingerprint density at radius 1 is 1.59 bits per heavy atom. The fraction of sp³-hybridized carbons (Fsp3) is 0.333. The topological polar surface area (TPSA) is 70.9 Å². The first-order chi connectivity index (χ1) is 8.15. The number of aromatic hydroxyl groups is 1. The zero-order chi connectivity index (χ0) is 12.4. The van der Waals surface area contributed by atoms with Gasteiger partial charge in [-0.05, 0) is 13.3 Å². The average molecular weight is 233 g/mol. The predicted octanol–water partition coefficient (Wildman–Crippen LogP) is 1.45. The van der Waals surface area contributed by atoms with Crippen LogP contribution in [0.1, 0.15) is 31.1 Å². The van der Waals surface area contributed by atoms with Crippen molar-refractivity contribution in [2.75, 3.05) is 0 Å². The molecule has 1 unspecified atom stereocenters. The van der Waals surface area contributed by atoms with Gasteiger partial charge >= 0.3 is 0 Å². The van der Waals surface area contributed by atoms with Crippen LogP contribution in [-0.4, -0.2) is 19.6 Å². The number of rotatable bonds is 3. The number of nitrogens with zero attached hydrogens (tertiary/aromatic N) is 2. The zero-order valence-corrected chi connectivity index (χ0v) is 9.84. The quantitative estimate of drug-likeness (QED) is 0.842. The first-order valence-electron chi connectivity index (χ1n) is 5.56. The summed E-state index contributed by atoms with van der Waals surface area (Å²) in [4.78, 5) is 18.9. The maximum absolute atomic E-state index is 12.0. The highest BCUT2D eigenvalue weighted by molar-refractivity contribution is 5.32. The van der Waals surface area contributed by atoms with E-state index in [1.807, 2.05) is 18.4 Å². The molecule has 0 fully saturated rings. The fourth-order valence-corrected chi connectivity index (χ4v) is 1.81. The molecule has 0 aliphatic rings. The molecule has 0 amide bonds. The van der Waals surface area contributed by atoms with Gasteiger partial charge < -0.3 is 14.7 Å². The van der Waals surface area contributed by atoms with Gasteiger partial charge in [0.2, 0.25) is 5.43 Å². The van der Waals surface area contributed by atoms with Crippen molar-refractivity contribution in [2.24, 2.45) is 0 Å². The van der Waals surface area contributed by atoms with Crippen LogP contribution in [0.25, 0.3) is 0 Å². The first-order valence-corrected chi connectivity index (χ1v) is 5.56. The molecule has 5 heteroatoms. The lowest BCUT2D eigenvalue weighted by Crippen LogP contribution is -2.18. The Labute approximate surface area is 98.8 Å². The van der Waals surface area contributed by atoms with Crippen LogP contribution < -0.4 is 5.43 Å². The van der Waals surface area contributed by atoms with Crippen molar-refractivity contribution in [1.29, 1.82) is 0 Å². The molecule has 0 aliphatic heterocycles. The third-order valence-electron chi connectivity index (χ3n) is 2.94. The van der Waals surface area contributed by atoms with Gasteiger partial charge in [0, 0.05) is 24.2 Å². The maximum Gasteiger partial charge on any atom is 0.228 e. The van der Waals surface area contributed by atoms with Crippen LogP contribution in [-0.2, 0) is 6.42 Å². The third kappa shape index (κ3) is 1.95. The molecule has 0 spiro atoms. The molecule has 2 aromatic rings. The molecule has 17 heavy (non-hydrogen) atoms. The van der Waals surface area contributed by atoms with E-state index < -0.39 is 0 Å². The van der Waals surface area contributed by atoms with Gasteiger partial charge in [-0.15, -0.1) is 0 Å². The normalized spacial score (nSPS) is 12.6. The standard InChI is InChI=1S/C12H15N3O2/c1-3-10-12(17)11(16)9(6-14-10)8(2)15-5-4-13-7-15/h4-8,17H,3H2,1-2H3,(H,14,16). The SMILES string of the molecule is CCc1[nH]cc(C(C)n2ccnc2)c(=O)c1O. The van der Waals surface area contributed by atoms with E-state index >= 15 is 0 Å². The highest BCUT2D eigenvalue weighted by Crippen LogP contribution is 2.17. The number of H-pyrrole nitrogens is 1. The van der Waals surface area contributed by atoms with E-state index in [4.69, 9.17) is 0 Å². The summed E-state index contributed by atoms with van der Waals surface area (Å²) in [6.07, 6.45) is 7.35. The lowest BCUT2D eigenvalue weighted by molar-refractivity contribution is 0.456. The summed E-state index contributed by atoms with van der Waals surface area (Å²) in [5, 5.41) is 9.76.